The van der Waals surface area contributed by atoms with Crippen molar-refractivity contribution in [2.75, 3.05) is 25.6 Å². The predicted octanol–water partition coefficient (Wildman–Crippen LogP) is 3.87. The highest BCUT2D eigenvalue weighted by atomic mass is 79.9. The molecule has 5 nitrogen and oxygen atoms in total. The first-order valence-electron chi connectivity index (χ1n) is 7.11. The maximum Gasteiger partial charge on any atom is 0.262 e. The Morgan fingerprint density at radius 1 is 1.13 bits per heavy atom. The largest absolute Gasteiger partial charge is 0.493 e. The second kappa shape index (κ2) is 8.43. The van der Waals surface area contributed by atoms with Crippen LogP contribution in [0.3, 0.4) is 0 Å². The molecular weight excluding hydrogens is 362 g/mol. The van der Waals surface area contributed by atoms with Crippen molar-refractivity contribution in [1.82, 2.24) is 0 Å². The summed E-state index contributed by atoms with van der Waals surface area (Å²) in [6, 6.07) is 12.5. The van der Waals surface area contributed by atoms with Crippen LogP contribution in [0.2, 0.25) is 0 Å². The molecule has 2 aromatic rings. The molecule has 0 unspecified atom stereocenters. The molecule has 122 valence electrons. The molecule has 0 saturated heterocycles. The Bertz CT molecular complexity index is 675. The van der Waals surface area contributed by atoms with Crippen LogP contribution in [-0.2, 0) is 4.79 Å². The summed E-state index contributed by atoms with van der Waals surface area (Å²) >= 11 is 3.35. The molecule has 0 fully saturated rings. The predicted molar refractivity (Wildman–Crippen MR) is 92.4 cm³/mol. The molecule has 6 heteroatoms. The lowest BCUT2D eigenvalue weighted by Gasteiger charge is -2.12. The summed E-state index contributed by atoms with van der Waals surface area (Å²) in [5.41, 5.74) is 0.619. The standard InChI is InChI=1S/C17H18BrNO4/c1-3-22-15-8-7-13(10-16(15)21-2)19-17(20)11-23-14-6-4-5-12(18)9-14/h4-10H,3,11H2,1-2H3,(H,19,20). The monoisotopic (exact) mass is 379 g/mol. The Morgan fingerprint density at radius 3 is 2.65 bits per heavy atom. The summed E-state index contributed by atoms with van der Waals surface area (Å²) in [6.07, 6.45) is 0. The molecule has 0 aromatic heterocycles. The average Bonchev–Trinajstić information content (AvgIpc) is 2.54. The van der Waals surface area contributed by atoms with Gasteiger partial charge in [0, 0.05) is 16.2 Å². The first kappa shape index (κ1) is 17.1. The molecule has 2 aromatic carbocycles. The van der Waals surface area contributed by atoms with E-state index in [4.69, 9.17) is 14.2 Å². The Kier molecular flexibility index (Phi) is 6.29. The molecule has 0 heterocycles. The van der Waals surface area contributed by atoms with E-state index < -0.39 is 0 Å². The highest BCUT2D eigenvalue weighted by molar-refractivity contribution is 9.10. The van der Waals surface area contributed by atoms with E-state index in [-0.39, 0.29) is 12.5 Å². The summed E-state index contributed by atoms with van der Waals surface area (Å²) in [7, 11) is 1.56. The van der Waals surface area contributed by atoms with Gasteiger partial charge in [-0.1, -0.05) is 22.0 Å². The quantitative estimate of drug-likeness (QED) is 0.792. The fourth-order valence-corrected chi connectivity index (χ4v) is 2.30. The number of carbonyl (C=O) groups is 1. The minimum atomic E-state index is -0.254. The summed E-state index contributed by atoms with van der Waals surface area (Å²) < 4.78 is 17.0. The van der Waals surface area contributed by atoms with Crippen molar-refractivity contribution in [2.24, 2.45) is 0 Å². The molecule has 0 bridgehead atoms. The third-order valence-corrected chi connectivity index (χ3v) is 3.41. The van der Waals surface area contributed by atoms with Gasteiger partial charge in [0.1, 0.15) is 5.75 Å². The minimum Gasteiger partial charge on any atom is -0.493 e. The van der Waals surface area contributed by atoms with Crippen molar-refractivity contribution in [3.63, 3.8) is 0 Å². The van der Waals surface area contributed by atoms with Gasteiger partial charge in [-0.15, -0.1) is 0 Å². The lowest BCUT2D eigenvalue weighted by Crippen LogP contribution is -2.20. The summed E-state index contributed by atoms with van der Waals surface area (Å²) in [5, 5.41) is 2.76. The molecule has 0 aliphatic heterocycles. The van der Waals surface area contributed by atoms with Gasteiger partial charge >= 0.3 is 0 Å². The average molecular weight is 380 g/mol. The van der Waals surface area contributed by atoms with Gasteiger partial charge in [-0.3, -0.25) is 4.79 Å². The van der Waals surface area contributed by atoms with E-state index in [1.165, 1.54) is 0 Å². The van der Waals surface area contributed by atoms with Crippen molar-refractivity contribution in [1.29, 1.82) is 0 Å². The Morgan fingerprint density at radius 2 is 1.96 bits per heavy atom. The molecule has 23 heavy (non-hydrogen) atoms. The third kappa shape index (κ3) is 5.17. The zero-order valence-corrected chi connectivity index (χ0v) is 14.6. The van der Waals surface area contributed by atoms with E-state index in [1.54, 1.807) is 37.4 Å². The Hall–Kier alpha value is -2.21. The van der Waals surface area contributed by atoms with Crippen LogP contribution in [0.5, 0.6) is 17.2 Å². The second-order valence-corrected chi connectivity index (χ2v) is 5.51. The van der Waals surface area contributed by atoms with Gasteiger partial charge in [-0.25, -0.2) is 0 Å². The SMILES string of the molecule is CCOc1ccc(NC(=O)COc2cccc(Br)c2)cc1OC. The molecule has 2 rings (SSSR count). The van der Waals surface area contributed by atoms with E-state index in [1.807, 2.05) is 19.1 Å². The van der Waals surface area contributed by atoms with Gasteiger partial charge in [0.15, 0.2) is 18.1 Å². The van der Waals surface area contributed by atoms with Crippen LogP contribution < -0.4 is 19.5 Å². The number of hydrogen-bond acceptors (Lipinski definition) is 4. The molecule has 1 amide bonds. The zero-order chi connectivity index (χ0) is 16.7. The number of halogens is 1. The number of anilines is 1. The Balaban J connectivity index is 1.94. The van der Waals surface area contributed by atoms with Gasteiger partial charge in [0.25, 0.3) is 5.91 Å². The molecule has 0 saturated carbocycles. The van der Waals surface area contributed by atoms with Crippen molar-refractivity contribution < 1.29 is 19.0 Å². The smallest absolute Gasteiger partial charge is 0.262 e. The maximum atomic E-state index is 12.0. The second-order valence-electron chi connectivity index (χ2n) is 4.59. The van der Waals surface area contributed by atoms with E-state index in [0.29, 0.717) is 29.5 Å². The van der Waals surface area contributed by atoms with Crippen LogP contribution in [0, 0.1) is 0 Å². The lowest BCUT2D eigenvalue weighted by molar-refractivity contribution is -0.118. The first-order chi connectivity index (χ1) is 11.1. The summed E-state index contributed by atoms with van der Waals surface area (Å²) in [5.74, 6) is 1.57. The fraction of sp³-hybridized carbons (Fsp3) is 0.235. The molecular formula is C17H18BrNO4. The van der Waals surface area contributed by atoms with Gasteiger partial charge in [-0.2, -0.15) is 0 Å². The number of rotatable bonds is 7. The number of hydrogen-bond donors (Lipinski definition) is 1. The molecule has 1 N–H and O–H groups in total. The van der Waals surface area contributed by atoms with Crippen LogP contribution in [-0.4, -0.2) is 26.2 Å². The van der Waals surface area contributed by atoms with Crippen molar-refractivity contribution in [2.45, 2.75) is 6.92 Å². The Labute approximate surface area is 143 Å². The molecule has 0 radical (unpaired) electrons. The number of ether oxygens (including phenoxy) is 3. The van der Waals surface area contributed by atoms with Gasteiger partial charge in [-0.05, 0) is 37.3 Å². The number of nitrogens with one attached hydrogen (secondary N) is 1. The molecule has 0 atom stereocenters. The molecule has 0 spiro atoms. The first-order valence-corrected chi connectivity index (χ1v) is 7.90. The normalized spacial score (nSPS) is 10.0. The van der Waals surface area contributed by atoms with E-state index in [2.05, 4.69) is 21.2 Å². The van der Waals surface area contributed by atoms with Crippen LogP contribution in [0.15, 0.2) is 46.9 Å². The number of methoxy groups -OCH3 is 1. The number of benzene rings is 2. The zero-order valence-electron chi connectivity index (χ0n) is 13.0. The van der Waals surface area contributed by atoms with Crippen molar-refractivity contribution in [3.05, 3.63) is 46.9 Å². The van der Waals surface area contributed by atoms with Gasteiger partial charge < -0.3 is 19.5 Å². The maximum absolute atomic E-state index is 12.0. The van der Waals surface area contributed by atoms with E-state index in [0.717, 1.165) is 4.47 Å². The molecule has 0 aliphatic carbocycles. The van der Waals surface area contributed by atoms with E-state index >= 15 is 0 Å². The van der Waals surface area contributed by atoms with Crippen LogP contribution >= 0.6 is 15.9 Å². The highest BCUT2D eigenvalue weighted by Crippen LogP contribution is 2.30. The fourth-order valence-electron chi connectivity index (χ4n) is 1.92. The van der Waals surface area contributed by atoms with Crippen LogP contribution in [0.25, 0.3) is 0 Å². The highest BCUT2D eigenvalue weighted by Gasteiger charge is 2.08. The van der Waals surface area contributed by atoms with Gasteiger partial charge in [0.2, 0.25) is 0 Å². The van der Waals surface area contributed by atoms with Crippen LogP contribution in [0.1, 0.15) is 6.92 Å². The van der Waals surface area contributed by atoms with E-state index in [9.17, 15) is 4.79 Å². The number of amides is 1. The number of carbonyl (C=O) groups excluding carboxylic acids is 1. The third-order valence-electron chi connectivity index (χ3n) is 2.91. The molecule has 0 aliphatic rings. The van der Waals surface area contributed by atoms with Crippen molar-refractivity contribution >= 4 is 27.5 Å². The minimum absolute atomic E-state index is 0.0774. The summed E-state index contributed by atoms with van der Waals surface area (Å²) in [6.45, 7) is 2.36. The van der Waals surface area contributed by atoms with Gasteiger partial charge in [0.05, 0.1) is 13.7 Å². The van der Waals surface area contributed by atoms with Crippen molar-refractivity contribution in [3.8, 4) is 17.2 Å². The topological polar surface area (TPSA) is 56.8 Å². The summed E-state index contributed by atoms with van der Waals surface area (Å²) in [4.78, 5) is 12.0. The lowest BCUT2D eigenvalue weighted by atomic mass is 10.2. The van der Waals surface area contributed by atoms with Crippen LogP contribution in [0.4, 0.5) is 5.69 Å².